The highest BCUT2D eigenvalue weighted by molar-refractivity contribution is 6.42. The minimum absolute atomic E-state index is 0.0888. The number of quaternary nitrogens is 1. The Kier molecular flexibility index (Phi) is 4.06. The molecule has 3 atom stereocenters. The van der Waals surface area contributed by atoms with Crippen molar-refractivity contribution in [2.75, 3.05) is 6.61 Å². The monoisotopic (exact) mass is 303 g/mol. The quantitative estimate of drug-likeness (QED) is 0.686. The summed E-state index contributed by atoms with van der Waals surface area (Å²) in [6.45, 7) is 3.83. The van der Waals surface area contributed by atoms with E-state index in [1.54, 1.807) is 26.0 Å². The summed E-state index contributed by atoms with van der Waals surface area (Å²) in [4.78, 5) is 11.8. The van der Waals surface area contributed by atoms with Gasteiger partial charge in [-0.15, -0.1) is 0 Å². The molecular formula is C13H15Cl2NO3. The van der Waals surface area contributed by atoms with E-state index in [4.69, 9.17) is 27.9 Å². The highest BCUT2D eigenvalue weighted by atomic mass is 35.5. The molecule has 0 bridgehead atoms. The number of hydrogen-bond acceptors (Lipinski definition) is 3. The summed E-state index contributed by atoms with van der Waals surface area (Å²) in [5, 5.41) is 12.9. The molecule has 1 aliphatic rings. The molecule has 0 saturated heterocycles. The van der Waals surface area contributed by atoms with Gasteiger partial charge in [-0.25, -0.2) is 0 Å². The average molecular weight is 304 g/mol. The van der Waals surface area contributed by atoms with Crippen molar-refractivity contribution >= 4 is 34.9 Å². The van der Waals surface area contributed by atoms with E-state index >= 15 is 0 Å². The number of hydroxylamine groups is 1. The number of hydrogen-bond donors (Lipinski definition) is 1. The van der Waals surface area contributed by atoms with Gasteiger partial charge >= 0.3 is 5.97 Å². The number of carbonyl (C=O) groups is 1. The van der Waals surface area contributed by atoms with Crippen LogP contribution in [0.2, 0.25) is 10.0 Å². The van der Waals surface area contributed by atoms with E-state index in [0.29, 0.717) is 28.8 Å². The van der Waals surface area contributed by atoms with Gasteiger partial charge in [-0.1, -0.05) is 23.2 Å². The number of benzene rings is 1. The van der Waals surface area contributed by atoms with Crippen molar-refractivity contribution in [2.24, 2.45) is 5.41 Å². The Morgan fingerprint density at radius 1 is 1.53 bits per heavy atom. The molecule has 1 aliphatic carbocycles. The van der Waals surface area contributed by atoms with E-state index in [2.05, 4.69) is 0 Å². The molecular weight excluding hydrogens is 289 g/mol. The summed E-state index contributed by atoms with van der Waals surface area (Å²) in [6.07, 6.45) is 0.519. The molecule has 0 heterocycles. The van der Waals surface area contributed by atoms with Gasteiger partial charge in [0.2, 0.25) is 0 Å². The first-order valence-corrected chi connectivity index (χ1v) is 6.82. The molecule has 0 aliphatic heterocycles. The Labute approximate surface area is 121 Å². The van der Waals surface area contributed by atoms with Crippen LogP contribution in [-0.4, -0.2) is 18.6 Å². The lowest BCUT2D eigenvalue weighted by atomic mass is 10.1. The second-order valence-corrected chi connectivity index (χ2v) is 5.70. The molecule has 1 unspecified atom stereocenters. The fourth-order valence-electron chi connectivity index (χ4n) is 2.12. The molecule has 1 aromatic carbocycles. The topological polar surface area (TPSA) is 53.8 Å². The molecule has 104 valence electrons. The van der Waals surface area contributed by atoms with Crippen LogP contribution in [0.3, 0.4) is 0 Å². The Morgan fingerprint density at radius 3 is 2.79 bits per heavy atom. The first-order chi connectivity index (χ1) is 8.90. The summed E-state index contributed by atoms with van der Waals surface area (Å²) in [6, 6.07) is 4.42. The molecule has 0 aromatic heterocycles. The number of nitrogens with one attached hydrogen (secondary N) is 1. The van der Waals surface area contributed by atoms with Crippen LogP contribution >= 0.6 is 23.2 Å². The fourth-order valence-corrected chi connectivity index (χ4v) is 2.42. The largest absolute Gasteiger partial charge is 0.629 e. The van der Waals surface area contributed by atoms with Crippen LogP contribution in [0.25, 0.3) is 0 Å². The van der Waals surface area contributed by atoms with Crippen LogP contribution in [0.4, 0.5) is 5.69 Å². The SMILES string of the molecule is CCOC(=O)[C@@]1(C)C[C@@H]1[NH+]([O-])c1ccc(Cl)c(Cl)c1. The van der Waals surface area contributed by atoms with Crippen molar-refractivity contribution in [3.63, 3.8) is 0 Å². The summed E-state index contributed by atoms with van der Waals surface area (Å²) >= 11 is 11.7. The van der Waals surface area contributed by atoms with Crippen molar-refractivity contribution in [1.82, 2.24) is 0 Å². The third-order valence-electron chi connectivity index (χ3n) is 3.50. The predicted octanol–water partition coefficient (Wildman–Crippen LogP) is 2.35. The first-order valence-electron chi connectivity index (χ1n) is 6.06. The Bertz CT molecular complexity index is 509. The van der Waals surface area contributed by atoms with Gasteiger partial charge in [0, 0.05) is 18.6 Å². The van der Waals surface area contributed by atoms with E-state index in [1.807, 2.05) is 0 Å². The maximum Gasteiger partial charge on any atom is 0.318 e. The Morgan fingerprint density at radius 2 is 2.21 bits per heavy atom. The molecule has 1 fully saturated rings. The number of esters is 1. The lowest BCUT2D eigenvalue weighted by Crippen LogP contribution is -3.04. The lowest BCUT2D eigenvalue weighted by Gasteiger charge is -2.24. The normalized spacial score (nSPS) is 26.9. The number of halogens is 2. The molecule has 0 radical (unpaired) electrons. The van der Waals surface area contributed by atoms with E-state index < -0.39 is 5.41 Å². The summed E-state index contributed by atoms with van der Waals surface area (Å²) < 4.78 is 4.99. The predicted molar refractivity (Wildman–Crippen MR) is 73.6 cm³/mol. The Balaban J connectivity index is 2.12. The third kappa shape index (κ3) is 2.72. The molecule has 0 spiro atoms. The van der Waals surface area contributed by atoms with Crippen molar-refractivity contribution in [1.29, 1.82) is 0 Å². The number of ether oxygens (including phenoxy) is 1. The lowest BCUT2D eigenvalue weighted by molar-refractivity contribution is -0.792. The molecule has 19 heavy (non-hydrogen) atoms. The molecule has 2 rings (SSSR count). The van der Waals surface area contributed by atoms with Crippen LogP contribution in [0.5, 0.6) is 0 Å². The van der Waals surface area contributed by atoms with E-state index in [-0.39, 0.29) is 17.1 Å². The molecule has 6 heteroatoms. The van der Waals surface area contributed by atoms with Crippen molar-refractivity contribution in [3.8, 4) is 0 Å². The molecule has 1 aromatic rings. The van der Waals surface area contributed by atoms with Crippen LogP contribution < -0.4 is 5.06 Å². The molecule has 0 amide bonds. The van der Waals surface area contributed by atoms with Gasteiger partial charge in [0.15, 0.2) is 0 Å². The van der Waals surface area contributed by atoms with E-state index in [0.717, 1.165) is 0 Å². The van der Waals surface area contributed by atoms with E-state index in [1.165, 1.54) is 6.07 Å². The Hall–Kier alpha value is -0.810. The van der Waals surface area contributed by atoms with Crippen LogP contribution in [0.1, 0.15) is 20.3 Å². The van der Waals surface area contributed by atoms with Gasteiger partial charge in [0.1, 0.15) is 17.1 Å². The van der Waals surface area contributed by atoms with Gasteiger partial charge in [-0.2, -0.15) is 0 Å². The molecule has 1 N–H and O–H groups in total. The maximum atomic E-state index is 12.3. The van der Waals surface area contributed by atoms with Crippen LogP contribution in [-0.2, 0) is 9.53 Å². The summed E-state index contributed by atoms with van der Waals surface area (Å²) in [5.74, 6) is -0.312. The van der Waals surface area contributed by atoms with Crippen molar-refractivity contribution in [3.05, 3.63) is 33.5 Å². The van der Waals surface area contributed by atoms with Crippen LogP contribution in [0.15, 0.2) is 18.2 Å². The highest BCUT2D eigenvalue weighted by Gasteiger charge is 2.62. The van der Waals surface area contributed by atoms with Crippen molar-refractivity contribution < 1.29 is 14.6 Å². The third-order valence-corrected chi connectivity index (χ3v) is 4.24. The second kappa shape index (κ2) is 5.29. The number of carbonyl (C=O) groups excluding carboxylic acids is 1. The summed E-state index contributed by atoms with van der Waals surface area (Å²) in [5.41, 5.74) is -0.216. The highest BCUT2D eigenvalue weighted by Crippen LogP contribution is 2.45. The first kappa shape index (κ1) is 14.6. The maximum absolute atomic E-state index is 12.3. The van der Waals surface area contributed by atoms with Gasteiger partial charge in [-0.05, 0) is 19.9 Å². The fraction of sp³-hybridized carbons (Fsp3) is 0.462. The van der Waals surface area contributed by atoms with Gasteiger partial charge in [0.25, 0.3) is 0 Å². The smallest absolute Gasteiger partial charge is 0.318 e. The van der Waals surface area contributed by atoms with Crippen LogP contribution in [0, 0.1) is 10.6 Å². The van der Waals surface area contributed by atoms with Gasteiger partial charge in [-0.3, -0.25) is 4.79 Å². The number of rotatable bonds is 4. The molecule has 4 nitrogen and oxygen atoms in total. The van der Waals surface area contributed by atoms with Gasteiger partial charge < -0.3 is 15.0 Å². The summed E-state index contributed by atoms with van der Waals surface area (Å²) in [7, 11) is 0. The average Bonchev–Trinajstić information content (AvgIpc) is 3.06. The van der Waals surface area contributed by atoms with Gasteiger partial charge in [0.05, 0.1) is 16.7 Å². The van der Waals surface area contributed by atoms with Crippen molar-refractivity contribution in [2.45, 2.75) is 26.3 Å². The zero-order valence-corrected chi connectivity index (χ0v) is 12.2. The zero-order chi connectivity index (χ0) is 14.2. The minimum Gasteiger partial charge on any atom is -0.629 e. The minimum atomic E-state index is -0.695. The zero-order valence-electron chi connectivity index (χ0n) is 10.7. The molecule has 1 saturated carbocycles. The second-order valence-electron chi connectivity index (χ2n) is 4.89. The standard InChI is InChI=1S/C13H15Cl2NO3/c1-3-19-12(17)13(2)7-11(13)16(18)8-4-5-9(14)10(15)6-8/h4-6,11,16H,3,7H2,1-2H3/t11-,13-/m0/s1. The van der Waals surface area contributed by atoms with E-state index in [9.17, 15) is 10.0 Å².